The van der Waals surface area contributed by atoms with Crippen LogP contribution in [0.15, 0.2) is 30.9 Å². The molecule has 1 aromatic rings. The van der Waals surface area contributed by atoms with Gasteiger partial charge in [-0.05, 0) is 45.3 Å². The highest BCUT2D eigenvalue weighted by atomic mass is 16.7. The lowest BCUT2D eigenvalue weighted by Gasteiger charge is -2.32. The lowest BCUT2D eigenvalue weighted by Crippen LogP contribution is -2.41. The normalized spacial score (nSPS) is 24.0. The molecule has 23 heavy (non-hydrogen) atoms. The van der Waals surface area contributed by atoms with Crippen molar-refractivity contribution in [3.05, 3.63) is 36.4 Å². The molecule has 0 spiro atoms. The number of nitrogens with one attached hydrogen (secondary N) is 1. The van der Waals surface area contributed by atoms with Gasteiger partial charge in [0.2, 0.25) is 5.91 Å². The first kappa shape index (κ1) is 16.1. The van der Waals surface area contributed by atoms with E-state index in [4.69, 9.17) is 14.0 Å². The van der Waals surface area contributed by atoms with Crippen molar-refractivity contribution in [2.75, 3.05) is 6.61 Å². The lowest BCUT2D eigenvalue weighted by atomic mass is 9.78. The first-order valence-electron chi connectivity index (χ1n) is 7.79. The molecular formula is C17H22BNO4. The van der Waals surface area contributed by atoms with Crippen LogP contribution in [0.1, 0.15) is 39.3 Å². The SMILES string of the molecule is C=CC(=O)NC1COc2ccc(B3OC(C)(C)C(C)(C)O3)cc21. The fourth-order valence-electron chi connectivity index (χ4n) is 2.71. The fourth-order valence-corrected chi connectivity index (χ4v) is 2.71. The van der Waals surface area contributed by atoms with Crippen LogP contribution in [-0.4, -0.2) is 30.8 Å². The Balaban J connectivity index is 1.86. The maximum atomic E-state index is 11.6. The maximum absolute atomic E-state index is 11.6. The quantitative estimate of drug-likeness (QED) is 0.682. The molecule has 1 aromatic carbocycles. The van der Waals surface area contributed by atoms with Crippen molar-refractivity contribution in [2.24, 2.45) is 0 Å². The summed E-state index contributed by atoms with van der Waals surface area (Å²) < 4.78 is 17.8. The topological polar surface area (TPSA) is 56.8 Å². The van der Waals surface area contributed by atoms with Crippen molar-refractivity contribution in [3.8, 4) is 5.75 Å². The molecule has 1 saturated heterocycles. The second-order valence-corrected chi connectivity index (χ2v) is 6.96. The Morgan fingerprint density at radius 3 is 2.57 bits per heavy atom. The molecule has 1 fully saturated rings. The third-order valence-electron chi connectivity index (χ3n) is 4.84. The standard InChI is InChI=1S/C17H22BNO4/c1-6-15(20)19-13-10-21-14-8-7-11(9-12(13)14)18-22-16(2,3)17(4,5)23-18/h6-9,13H,1,10H2,2-5H3,(H,19,20). The Morgan fingerprint density at radius 2 is 1.96 bits per heavy atom. The Morgan fingerprint density at radius 1 is 1.30 bits per heavy atom. The molecule has 2 heterocycles. The number of ether oxygens (including phenoxy) is 1. The van der Waals surface area contributed by atoms with Crippen LogP contribution in [0.2, 0.25) is 0 Å². The number of amides is 1. The van der Waals surface area contributed by atoms with Gasteiger partial charge in [-0.1, -0.05) is 18.7 Å². The van der Waals surface area contributed by atoms with Gasteiger partial charge in [0.05, 0.1) is 17.2 Å². The number of carbonyl (C=O) groups excluding carboxylic acids is 1. The van der Waals surface area contributed by atoms with E-state index in [1.165, 1.54) is 6.08 Å². The zero-order valence-electron chi connectivity index (χ0n) is 14.0. The zero-order valence-corrected chi connectivity index (χ0v) is 14.0. The van der Waals surface area contributed by atoms with Gasteiger partial charge in [-0.15, -0.1) is 0 Å². The molecule has 2 aliphatic heterocycles. The molecular weight excluding hydrogens is 293 g/mol. The molecule has 0 saturated carbocycles. The predicted molar refractivity (Wildman–Crippen MR) is 88.7 cm³/mol. The number of hydrogen-bond donors (Lipinski definition) is 1. The van der Waals surface area contributed by atoms with Crippen LogP contribution in [0.25, 0.3) is 0 Å². The van der Waals surface area contributed by atoms with Gasteiger partial charge in [-0.3, -0.25) is 4.79 Å². The summed E-state index contributed by atoms with van der Waals surface area (Å²) >= 11 is 0. The summed E-state index contributed by atoms with van der Waals surface area (Å²) in [6.07, 6.45) is 1.26. The van der Waals surface area contributed by atoms with Gasteiger partial charge < -0.3 is 19.4 Å². The summed E-state index contributed by atoms with van der Waals surface area (Å²) in [6, 6.07) is 5.64. The Bertz CT molecular complexity index is 640. The first-order valence-corrected chi connectivity index (χ1v) is 7.79. The maximum Gasteiger partial charge on any atom is 0.494 e. The Kier molecular flexibility index (Phi) is 3.77. The molecule has 0 aromatic heterocycles. The first-order chi connectivity index (χ1) is 10.7. The van der Waals surface area contributed by atoms with Crippen molar-refractivity contribution in [1.82, 2.24) is 5.32 Å². The van der Waals surface area contributed by atoms with E-state index in [0.717, 1.165) is 16.8 Å². The van der Waals surface area contributed by atoms with Gasteiger partial charge in [0, 0.05) is 5.56 Å². The molecule has 1 amide bonds. The Labute approximate surface area is 137 Å². The molecule has 0 radical (unpaired) electrons. The summed E-state index contributed by atoms with van der Waals surface area (Å²) in [6.45, 7) is 12.0. The van der Waals surface area contributed by atoms with Crippen molar-refractivity contribution >= 4 is 18.5 Å². The van der Waals surface area contributed by atoms with Gasteiger partial charge >= 0.3 is 7.12 Å². The minimum absolute atomic E-state index is 0.183. The number of hydrogen-bond acceptors (Lipinski definition) is 4. The highest BCUT2D eigenvalue weighted by Crippen LogP contribution is 2.37. The van der Waals surface area contributed by atoms with E-state index in [1.807, 2.05) is 45.9 Å². The molecule has 0 aliphatic carbocycles. The molecule has 122 valence electrons. The van der Waals surface area contributed by atoms with Crippen molar-refractivity contribution in [3.63, 3.8) is 0 Å². The summed E-state index contributed by atoms with van der Waals surface area (Å²) in [4.78, 5) is 11.6. The van der Waals surface area contributed by atoms with E-state index in [1.54, 1.807) is 0 Å². The average Bonchev–Trinajstić information content (AvgIpc) is 2.97. The summed E-state index contributed by atoms with van der Waals surface area (Å²) in [5.41, 5.74) is 1.09. The van der Waals surface area contributed by atoms with E-state index < -0.39 is 7.12 Å². The second-order valence-electron chi connectivity index (χ2n) is 6.96. The van der Waals surface area contributed by atoms with E-state index in [-0.39, 0.29) is 23.2 Å². The largest absolute Gasteiger partial charge is 0.494 e. The third kappa shape index (κ3) is 2.77. The summed E-state index contributed by atoms with van der Waals surface area (Å²) in [5, 5.41) is 2.87. The minimum atomic E-state index is -0.429. The second kappa shape index (κ2) is 5.39. The van der Waals surface area contributed by atoms with Crippen LogP contribution >= 0.6 is 0 Å². The number of carbonyl (C=O) groups is 1. The number of benzene rings is 1. The minimum Gasteiger partial charge on any atom is -0.491 e. The van der Waals surface area contributed by atoms with E-state index in [9.17, 15) is 4.79 Å². The van der Waals surface area contributed by atoms with Crippen molar-refractivity contribution < 1.29 is 18.8 Å². The van der Waals surface area contributed by atoms with Crippen LogP contribution in [-0.2, 0) is 14.1 Å². The van der Waals surface area contributed by atoms with Crippen molar-refractivity contribution in [2.45, 2.75) is 44.9 Å². The monoisotopic (exact) mass is 315 g/mol. The van der Waals surface area contributed by atoms with Crippen LogP contribution in [0.4, 0.5) is 0 Å². The van der Waals surface area contributed by atoms with Crippen LogP contribution in [0.3, 0.4) is 0 Å². The molecule has 1 atom stereocenters. The summed E-state index contributed by atoms with van der Waals surface area (Å²) in [7, 11) is -0.429. The summed E-state index contributed by atoms with van der Waals surface area (Å²) in [5.74, 6) is 0.562. The predicted octanol–water partition coefficient (Wildman–Crippen LogP) is 1.72. The molecule has 6 heteroatoms. The highest BCUT2D eigenvalue weighted by Gasteiger charge is 2.51. The lowest BCUT2D eigenvalue weighted by molar-refractivity contribution is -0.117. The molecule has 1 N–H and O–H groups in total. The van der Waals surface area contributed by atoms with Gasteiger partial charge in [0.15, 0.2) is 0 Å². The van der Waals surface area contributed by atoms with E-state index in [0.29, 0.717) is 6.61 Å². The smallest absolute Gasteiger partial charge is 0.491 e. The van der Waals surface area contributed by atoms with Crippen LogP contribution in [0.5, 0.6) is 5.75 Å². The van der Waals surface area contributed by atoms with Crippen molar-refractivity contribution in [1.29, 1.82) is 0 Å². The highest BCUT2D eigenvalue weighted by molar-refractivity contribution is 6.62. The molecule has 0 bridgehead atoms. The van der Waals surface area contributed by atoms with Gasteiger partial charge in [0.1, 0.15) is 12.4 Å². The number of rotatable bonds is 3. The number of fused-ring (bicyclic) bond motifs is 1. The van der Waals surface area contributed by atoms with Crippen LogP contribution in [0, 0.1) is 0 Å². The average molecular weight is 315 g/mol. The zero-order chi connectivity index (χ0) is 16.8. The molecule has 1 unspecified atom stereocenters. The third-order valence-corrected chi connectivity index (χ3v) is 4.84. The molecule has 3 rings (SSSR count). The van der Waals surface area contributed by atoms with Gasteiger partial charge in [-0.25, -0.2) is 0 Å². The molecule has 2 aliphatic rings. The molecule has 5 nitrogen and oxygen atoms in total. The van der Waals surface area contributed by atoms with Gasteiger partial charge in [0.25, 0.3) is 0 Å². The fraction of sp³-hybridized carbons (Fsp3) is 0.471. The van der Waals surface area contributed by atoms with E-state index in [2.05, 4.69) is 11.9 Å². The Hall–Kier alpha value is -1.79. The van der Waals surface area contributed by atoms with Gasteiger partial charge in [-0.2, -0.15) is 0 Å². The van der Waals surface area contributed by atoms with Crippen LogP contribution < -0.4 is 15.5 Å². The van der Waals surface area contributed by atoms with E-state index >= 15 is 0 Å².